The number of hydrogen-bond donors (Lipinski definition) is 2. The molecular weight excluding hydrogens is 649 g/mol. The van der Waals surface area contributed by atoms with E-state index in [1.807, 2.05) is 35.2 Å². The third kappa shape index (κ3) is 6.92. The van der Waals surface area contributed by atoms with E-state index in [1.54, 1.807) is 24.2 Å². The van der Waals surface area contributed by atoms with Crippen molar-refractivity contribution in [3.8, 4) is 11.1 Å². The van der Waals surface area contributed by atoms with Crippen molar-refractivity contribution in [2.24, 2.45) is 7.05 Å². The molecule has 2 N–H and O–H groups in total. The monoisotopic (exact) mass is 697 g/mol. The molecule has 7 rings (SSSR count). The maximum absolute atomic E-state index is 15.4. The number of carbonyl (C=O) groups is 1. The Balaban J connectivity index is 1.13. The smallest absolute Gasteiger partial charge is 0.274 e. The van der Waals surface area contributed by atoms with Crippen molar-refractivity contribution in [2.75, 3.05) is 54.5 Å². The molecule has 6 heterocycles. The number of amides is 1. The number of nitrogens with zero attached hydrogens (tertiary/aromatic N) is 6. The number of nitrogens with one attached hydrogen (secondary N) is 1. The van der Waals surface area contributed by atoms with Crippen molar-refractivity contribution in [3.63, 3.8) is 0 Å². The van der Waals surface area contributed by atoms with E-state index in [4.69, 9.17) is 4.74 Å². The SMILES string of the molecule is CCCCCc1cc2n(c1)CCN(c1cc(F)cc(-c3cc(Nc4ccc(N5CCN(C6COC6)CC5(C)C)cn4)c(=O)n(C)c3)c1CO)C2=O. The van der Waals surface area contributed by atoms with Crippen LogP contribution in [0.2, 0.25) is 0 Å². The standard InChI is InChI=1S/C39H48FN7O4/c1-5-6-7-8-26-15-35-38(50)46(13-11-44(35)20-26)34-18-28(40)17-31(32(34)22-48)27-16-33(37(49)43(4)21-27)42-36-10-9-29(19-41-36)47-14-12-45(25-39(47,2)3)30-23-51-24-30/h9-10,15-21,30,48H,5-8,11-14,22-25H2,1-4H3,(H,41,42). The molecule has 3 aliphatic rings. The number of aliphatic hydroxyl groups excluding tert-OH is 1. The second-order valence-corrected chi connectivity index (χ2v) is 14.7. The number of aliphatic hydroxyl groups is 1. The Bertz CT molecular complexity index is 1970. The van der Waals surface area contributed by atoms with E-state index in [2.05, 4.69) is 40.9 Å². The number of ether oxygens (including phenoxy) is 1. The number of anilines is 4. The zero-order valence-corrected chi connectivity index (χ0v) is 30.0. The van der Waals surface area contributed by atoms with Gasteiger partial charge in [0.2, 0.25) is 0 Å². The molecule has 2 fully saturated rings. The number of fused-ring (bicyclic) bond motifs is 1. The second-order valence-electron chi connectivity index (χ2n) is 14.7. The number of pyridine rings is 2. The highest BCUT2D eigenvalue weighted by Gasteiger charge is 2.38. The van der Waals surface area contributed by atoms with Crippen molar-refractivity contribution in [1.82, 2.24) is 19.0 Å². The topological polar surface area (TPSA) is 108 Å². The first-order valence-corrected chi connectivity index (χ1v) is 18.0. The molecule has 1 amide bonds. The molecule has 2 saturated heterocycles. The van der Waals surface area contributed by atoms with Gasteiger partial charge in [-0.25, -0.2) is 9.37 Å². The van der Waals surface area contributed by atoms with Crippen LogP contribution < -0.4 is 20.7 Å². The van der Waals surface area contributed by atoms with Crippen molar-refractivity contribution in [3.05, 3.63) is 88.0 Å². The number of hydrogen-bond acceptors (Lipinski definition) is 8. The van der Waals surface area contributed by atoms with Crippen molar-refractivity contribution < 1.29 is 19.0 Å². The van der Waals surface area contributed by atoms with Gasteiger partial charge < -0.3 is 34.1 Å². The molecule has 51 heavy (non-hydrogen) atoms. The zero-order chi connectivity index (χ0) is 35.9. The lowest BCUT2D eigenvalue weighted by molar-refractivity contribution is -0.0741. The van der Waals surface area contributed by atoms with Crippen molar-refractivity contribution in [1.29, 1.82) is 0 Å². The molecule has 1 aromatic carbocycles. The van der Waals surface area contributed by atoms with Gasteiger partial charge in [0.25, 0.3) is 11.5 Å². The lowest BCUT2D eigenvalue weighted by Crippen LogP contribution is -2.64. The predicted molar refractivity (Wildman–Crippen MR) is 197 cm³/mol. The van der Waals surface area contributed by atoms with E-state index in [9.17, 15) is 14.7 Å². The summed E-state index contributed by atoms with van der Waals surface area (Å²) >= 11 is 0. The molecule has 11 nitrogen and oxygen atoms in total. The fraction of sp³-hybridized carbons (Fsp3) is 0.462. The number of halogens is 1. The summed E-state index contributed by atoms with van der Waals surface area (Å²) in [5.41, 5.74) is 4.20. The largest absolute Gasteiger partial charge is 0.392 e. The molecule has 0 bridgehead atoms. The van der Waals surface area contributed by atoms with Crippen LogP contribution >= 0.6 is 0 Å². The molecule has 3 aromatic heterocycles. The highest BCUT2D eigenvalue weighted by atomic mass is 19.1. The third-order valence-electron chi connectivity index (χ3n) is 10.6. The first kappa shape index (κ1) is 34.9. The van der Waals surface area contributed by atoms with Crippen LogP contribution in [0.15, 0.2) is 59.8 Å². The quantitative estimate of drug-likeness (QED) is 0.203. The highest BCUT2D eigenvalue weighted by Crippen LogP contribution is 2.36. The summed E-state index contributed by atoms with van der Waals surface area (Å²) < 4.78 is 24.2. The average molecular weight is 698 g/mol. The minimum absolute atomic E-state index is 0.0940. The average Bonchev–Trinajstić information content (AvgIpc) is 3.50. The lowest BCUT2D eigenvalue weighted by atomic mass is 9.96. The van der Waals surface area contributed by atoms with E-state index >= 15 is 4.39 Å². The summed E-state index contributed by atoms with van der Waals surface area (Å²) in [6.07, 6.45) is 9.70. The Morgan fingerprint density at radius 2 is 1.86 bits per heavy atom. The summed E-state index contributed by atoms with van der Waals surface area (Å²) in [5, 5.41) is 13.8. The van der Waals surface area contributed by atoms with Crippen LogP contribution in [-0.2, 0) is 31.4 Å². The van der Waals surface area contributed by atoms with Crippen LogP contribution in [0.4, 0.5) is 27.3 Å². The van der Waals surface area contributed by atoms with Gasteiger partial charge in [-0.15, -0.1) is 0 Å². The molecule has 3 aliphatic heterocycles. The number of aryl methyl sites for hydroxylation is 2. The Morgan fingerprint density at radius 1 is 1.04 bits per heavy atom. The molecule has 0 aliphatic carbocycles. The number of benzene rings is 1. The minimum Gasteiger partial charge on any atom is -0.392 e. The molecule has 0 unspecified atom stereocenters. The molecule has 0 radical (unpaired) electrons. The normalized spacial score (nSPS) is 17.8. The van der Waals surface area contributed by atoms with Gasteiger partial charge in [0.15, 0.2) is 0 Å². The predicted octanol–water partition coefficient (Wildman–Crippen LogP) is 5.32. The second kappa shape index (κ2) is 14.2. The summed E-state index contributed by atoms with van der Waals surface area (Å²) in [7, 11) is 1.63. The number of carbonyl (C=O) groups excluding carboxylic acids is 1. The van der Waals surface area contributed by atoms with Gasteiger partial charge in [-0.3, -0.25) is 14.5 Å². The van der Waals surface area contributed by atoms with E-state index in [1.165, 1.54) is 16.7 Å². The summed E-state index contributed by atoms with van der Waals surface area (Å²) in [5.74, 6) is -0.282. The molecule has 0 spiro atoms. The van der Waals surface area contributed by atoms with Gasteiger partial charge in [0.1, 0.15) is 23.0 Å². The van der Waals surface area contributed by atoms with Crippen LogP contribution in [0.1, 0.15) is 61.6 Å². The molecule has 0 atom stereocenters. The van der Waals surface area contributed by atoms with E-state index < -0.39 is 12.4 Å². The maximum atomic E-state index is 15.4. The van der Waals surface area contributed by atoms with Gasteiger partial charge in [0.05, 0.1) is 43.4 Å². The zero-order valence-electron chi connectivity index (χ0n) is 30.0. The van der Waals surface area contributed by atoms with Gasteiger partial charge in [0, 0.05) is 68.8 Å². The fourth-order valence-corrected chi connectivity index (χ4v) is 7.74. The number of piperazine rings is 1. The Morgan fingerprint density at radius 3 is 2.55 bits per heavy atom. The minimum atomic E-state index is -0.545. The third-order valence-corrected chi connectivity index (χ3v) is 10.6. The van der Waals surface area contributed by atoms with Crippen molar-refractivity contribution >= 4 is 28.8 Å². The molecule has 0 saturated carbocycles. The molecule has 12 heteroatoms. The van der Waals surface area contributed by atoms with E-state index in [0.717, 1.165) is 69.8 Å². The molecular formula is C39H48FN7O4. The molecule has 270 valence electrons. The highest BCUT2D eigenvalue weighted by molar-refractivity contribution is 6.07. The number of aromatic nitrogens is 3. The first-order valence-electron chi connectivity index (χ1n) is 18.0. The Kier molecular flexibility index (Phi) is 9.75. The van der Waals surface area contributed by atoms with Crippen LogP contribution in [0.5, 0.6) is 0 Å². The van der Waals surface area contributed by atoms with Crippen LogP contribution in [0.25, 0.3) is 11.1 Å². The van der Waals surface area contributed by atoms with E-state index in [-0.39, 0.29) is 22.7 Å². The Labute approximate surface area is 298 Å². The summed E-state index contributed by atoms with van der Waals surface area (Å²) in [6, 6.07) is 10.6. The molecule has 4 aromatic rings. The summed E-state index contributed by atoms with van der Waals surface area (Å²) in [6.45, 7) is 11.5. The first-order chi connectivity index (χ1) is 24.6. The van der Waals surface area contributed by atoms with Crippen molar-refractivity contribution in [2.45, 2.75) is 71.2 Å². The van der Waals surface area contributed by atoms with Gasteiger partial charge in [-0.1, -0.05) is 19.8 Å². The number of rotatable bonds is 11. The van der Waals surface area contributed by atoms with E-state index in [0.29, 0.717) is 53.0 Å². The maximum Gasteiger partial charge on any atom is 0.274 e. The van der Waals surface area contributed by atoms with Crippen LogP contribution in [0.3, 0.4) is 0 Å². The number of unbranched alkanes of at least 4 members (excludes halogenated alkanes) is 2. The van der Waals surface area contributed by atoms with Gasteiger partial charge in [-0.05, 0) is 74.2 Å². The fourth-order valence-electron chi connectivity index (χ4n) is 7.74. The van der Waals surface area contributed by atoms with Gasteiger partial charge >= 0.3 is 0 Å². The van der Waals surface area contributed by atoms with Gasteiger partial charge in [-0.2, -0.15) is 0 Å². The summed E-state index contributed by atoms with van der Waals surface area (Å²) in [4.78, 5) is 38.2. The van der Waals surface area contributed by atoms with Crippen LogP contribution in [-0.4, -0.2) is 81.0 Å². The van der Waals surface area contributed by atoms with Crippen LogP contribution in [0, 0.1) is 5.82 Å². The lowest BCUT2D eigenvalue weighted by Gasteiger charge is -2.51. The Hall–Kier alpha value is -4.52.